The van der Waals surface area contributed by atoms with Gasteiger partial charge >= 0.3 is 0 Å². The highest BCUT2D eigenvalue weighted by Gasteiger charge is 2.43. The Kier molecular flexibility index (Phi) is 3.94. The average Bonchev–Trinajstić information content (AvgIpc) is 2.61. The summed E-state index contributed by atoms with van der Waals surface area (Å²) in [7, 11) is 4.04. The molecule has 4 N–H and O–H groups in total. The molecule has 4 rings (SSSR count). The Bertz CT molecular complexity index is 894. The van der Waals surface area contributed by atoms with Gasteiger partial charge in [-0.15, -0.1) is 0 Å². The molecule has 1 aromatic carbocycles. The standard InChI is InChI=1S/C19H25N7/c1-25(2)15-9-8-14(13-7-6-12-22-16(13)15)26-18(21)23-17(20)24-19(26)10-4-3-5-11-19/h6-9,12H,3-5,10-11H2,1-2H3,(H4,20,21,23,24). The van der Waals surface area contributed by atoms with Gasteiger partial charge in [0.1, 0.15) is 5.66 Å². The summed E-state index contributed by atoms with van der Waals surface area (Å²) >= 11 is 0. The van der Waals surface area contributed by atoms with Crippen LogP contribution in [0.1, 0.15) is 32.1 Å². The number of nitrogens with zero attached hydrogens (tertiary/aromatic N) is 5. The van der Waals surface area contributed by atoms with Crippen molar-refractivity contribution in [1.82, 2.24) is 4.98 Å². The number of aromatic nitrogens is 1. The van der Waals surface area contributed by atoms with Gasteiger partial charge in [-0.25, -0.2) is 4.99 Å². The van der Waals surface area contributed by atoms with E-state index in [1.807, 2.05) is 26.4 Å². The summed E-state index contributed by atoms with van der Waals surface area (Å²) in [4.78, 5) is 17.8. The molecule has 0 unspecified atom stereocenters. The fourth-order valence-electron chi connectivity index (χ4n) is 4.17. The number of aliphatic imine (C=N–C) groups is 2. The van der Waals surface area contributed by atoms with Crippen molar-refractivity contribution in [2.75, 3.05) is 23.9 Å². The Morgan fingerprint density at radius 3 is 2.58 bits per heavy atom. The van der Waals surface area contributed by atoms with Crippen LogP contribution in [0.15, 0.2) is 40.4 Å². The van der Waals surface area contributed by atoms with E-state index in [0.717, 1.165) is 48.0 Å². The van der Waals surface area contributed by atoms with Crippen molar-refractivity contribution in [2.24, 2.45) is 21.5 Å². The summed E-state index contributed by atoms with van der Waals surface area (Å²) in [5.74, 6) is 0.676. The lowest BCUT2D eigenvalue weighted by Gasteiger charge is -2.46. The zero-order valence-electron chi connectivity index (χ0n) is 15.3. The van der Waals surface area contributed by atoms with Crippen LogP contribution in [0, 0.1) is 0 Å². The van der Waals surface area contributed by atoms with Crippen molar-refractivity contribution in [3.63, 3.8) is 0 Å². The first kappa shape index (κ1) is 16.6. The zero-order valence-corrected chi connectivity index (χ0v) is 15.3. The van der Waals surface area contributed by atoms with Gasteiger partial charge in [0.15, 0.2) is 0 Å². The van der Waals surface area contributed by atoms with Crippen LogP contribution in [0.4, 0.5) is 11.4 Å². The number of fused-ring (bicyclic) bond motifs is 1. The van der Waals surface area contributed by atoms with Gasteiger partial charge in [0.2, 0.25) is 11.9 Å². The zero-order chi connectivity index (χ0) is 18.3. The second-order valence-corrected chi connectivity index (χ2v) is 7.22. The SMILES string of the molecule is CN(C)c1ccc(N2C(N)=NC(N)=NC23CCCCC3)c2cccnc12. The van der Waals surface area contributed by atoms with E-state index in [2.05, 4.69) is 38.0 Å². The van der Waals surface area contributed by atoms with Gasteiger partial charge in [-0.3, -0.25) is 9.88 Å². The number of hydrogen-bond acceptors (Lipinski definition) is 7. The lowest BCUT2D eigenvalue weighted by atomic mass is 9.87. The summed E-state index contributed by atoms with van der Waals surface area (Å²) in [6.45, 7) is 0. The van der Waals surface area contributed by atoms with Gasteiger partial charge in [-0.05, 0) is 49.9 Å². The minimum atomic E-state index is -0.448. The molecule has 136 valence electrons. The van der Waals surface area contributed by atoms with Crippen LogP contribution in [0.25, 0.3) is 10.9 Å². The third kappa shape index (κ3) is 2.55. The fourth-order valence-corrected chi connectivity index (χ4v) is 4.17. The van der Waals surface area contributed by atoms with Gasteiger partial charge in [0.25, 0.3) is 0 Å². The number of rotatable bonds is 2. The fraction of sp³-hybridized carbons (Fsp3) is 0.421. The maximum absolute atomic E-state index is 6.38. The quantitative estimate of drug-likeness (QED) is 0.866. The van der Waals surface area contributed by atoms with Gasteiger partial charge < -0.3 is 16.4 Å². The third-order valence-corrected chi connectivity index (χ3v) is 5.30. The second-order valence-electron chi connectivity index (χ2n) is 7.22. The number of nitrogens with two attached hydrogens (primary N) is 2. The minimum Gasteiger partial charge on any atom is -0.376 e. The van der Waals surface area contributed by atoms with Gasteiger partial charge in [0.05, 0.1) is 16.9 Å². The largest absolute Gasteiger partial charge is 0.376 e. The molecule has 1 fully saturated rings. The van der Waals surface area contributed by atoms with E-state index in [-0.39, 0.29) is 5.96 Å². The maximum atomic E-state index is 6.38. The number of hydrogen-bond donors (Lipinski definition) is 2. The summed E-state index contributed by atoms with van der Waals surface area (Å²) < 4.78 is 0. The molecule has 26 heavy (non-hydrogen) atoms. The molecule has 2 aliphatic rings. The molecule has 1 aliphatic carbocycles. The lowest BCUT2D eigenvalue weighted by Crippen LogP contribution is -2.58. The Labute approximate surface area is 153 Å². The average molecular weight is 351 g/mol. The molecular formula is C19H25N7. The molecule has 2 heterocycles. The van der Waals surface area contributed by atoms with Crippen LogP contribution < -0.4 is 21.3 Å². The van der Waals surface area contributed by atoms with Crippen LogP contribution in [-0.2, 0) is 0 Å². The van der Waals surface area contributed by atoms with Crippen molar-refractivity contribution < 1.29 is 0 Å². The molecule has 1 saturated carbocycles. The van der Waals surface area contributed by atoms with Crippen molar-refractivity contribution in [3.8, 4) is 0 Å². The van der Waals surface area contributed by atoms with E-state index in [1.165, 1.54) is 6.42 Å². The molecule has 0 bridgehead atoms. The first-order valence-electron chi connectivity index (χ1n) is 9.07. The van der Waals surface area contributed by atoms with Crippen LogP contribution in [0.3, 0.4) is 0 Å². The molecule has 0 saturated heterocycles. The molecule has 1 aliphatic heterocycles. The summed E-state index contributed by atoms with van der Waals surface area (Å²) in [5, 5.41) is 1.04. The molecule has 7 nitrogen and oxygen atoms in total. The van der Waals surface area contributed by atoms with Crippen molar-refractivity contribution in [1.29, 1.82) is 0 Å². The van der Waals surface area contributed by atoms with Crippen LogP contribution in [-0.4, -0.2) is 36.7 Å². The van der Waals surface area contributed by atoms with Crippen LogP contribution in [0.5, 0.6) is 0 Å². The molecule has 2 aromatic rings. The highest BCUT2D eigenvalue weighted by molar-refractivity contribution is 6.11. The molecular weight excluding hydrogens is 326 g/mol. The van der Waals surface area contributed by atoms with Gasteiger partial charge in [-0.2, -0.15) is 4.99 Å². The van der Waals surface area contributed by atoms with Gasteiger partial charge in [-0.1, -0.05) is 6.42 Å². The monoisotopic (exact) mass is 351 g/mol. The van der Waals surface area contributed by atoms with E-state index >= 15 is 0 Å². The molecule has 0 radical (unpaired) electrons. The molecule has 1 aromatic heterocycles. The van der Waals surface area contributed by atoms with Crippen molar-refractivity contribution in [3.05, 3.63) is 30.5 Å². The highest BCUT2D eigenvalue weighted by atomic mass is 15.4. The van der Waals surface area contributed by atoms with E-state index in [9.17, 15) is 0 Å². The number of anilines is 2. The second kappa shape index (κ2) is 6.16. The Hall–Kier alpha value is -2.83. The normalized spacial score (nSPS) is 19.4. The predicted molar refractivity (Wildman–Crippen MR) is 108 cm³/mol. The van der Waals surface area contributed by atoms with Crippen LogP contribution in [0.2, 0.25) is 0 Å². The number of benzene rings is 1. The Morgan fingerprint density at radius 2 is 1.85 bits per heavy atom. The number of guanidine groups is 2. The van der Waals surface area contributed by atoms with E-state index < -0.39 is 5.66 Å². The van der Waals surface area contributed by atoms with Crippen LogP contribution >= 0.6 is 0 Å². The highest BCUT2D eigenvalue weighted by Crippen LogP contribution is 2.42. The van der Waals surface area contributed by atoms with E-state index in [0.29, 0.717) is 5.96 Å². The topological polar surface area (TPSA) is 96.1 Å². The molecule has 0 amide bonds. The van der Waals surface area contributed by atoms with Gasteiger partial charge in [0, 0.05) is 25.7 Å². The van der Waals surface area contributed by atoms with E-state index in [4.69, 9.17) is 16.5 Å². The predicted octanol–water partition coefficient (Wildman–Crippen LogP) is 2.41. The minimum absolute atomic E-state index is 0.271. The molecule has 0 atom stereocenters. The van der Waals surface area contributed by atoms with Crippen molar-refractivity contribution >= 4 is 34.2 Å². The third-order valence-electron chi connectivity index (χ3n) is 5.30. The Balaban J connectivity index is 1.93. The summed E-state index contributed by atoms with van der Waals surface area (Å²) in [6.07, 6.45) is 7.07. The number of pyridine rings is 1. The molecule has 7 heteroatoms. The Morgan fingerprint density at radius 1 is 1.08 bits per heavy atom. The lowest BCUT2D eigenvalue weighted by molar-refractivity contribution is 0.306. The van der Waals surface area contributed by atoms with Crippen molar-refractivity contribution in [2.45, 2.75) is 37.8 Å². The maximum Gasteiger partial charge on any atom is 0.220 e. The van der Waals surface area contributed by atoms with E-state index in [1.54, 1.807) is 0 Å². The summed E-state index contributed by atoms with van der Waals surface area (Å²) in [5.41, 5.74) is 14.9. The first-order chi connectivity index (χ1) is 12.5. The smallest absolute Gasteiger partial charge is 0.220 e. The summed E-state index contributed by atoms with van der Waals surface area (Å²) in [6, 6.07) is 8.20. The molecule has 1 spiro atoms. The first-order valence-corrected chi connectivity index (χ1v) is 9.07.